The summed E-state index contributed by atoms with van der Waals surface area (Å²) < 4.78 is 27.9. The second-order valence-corrected chi connectivity index (χ2v) is 11.5. The van der Waals surface area contributed by atoms with Crippen molar-refractivity contribution in [3.8, 4) is 0 Å². The van der Waals surface area contributed by atoms with Crippen LogP contribution < -0.4 is 10.2 Å². The SMILES string of the molecule is CC1CC(=O)N(CC(=O)Nc2ccccc2)c2cc(S(=O)(=O)N3CCCCC3)ccc2S1. The zero-order valence-corrected chi connectivity index (χ0v) is 19.6. The molecule has 0 bridgehead atoms. The molecule has 7 nitrogen and oxygen atoms in total. The van der Waals surface area contributed by atoms with Gasteiger partial charge in [-0.1, -0.05) is 31.5 Å². The maximum Gasteiger partial charge on any atom is 0.244 e. The number of piperidine rings is 1. The molecule has 1 atom stereocenters. The van der Waals surface area contributed by atoms with Crippen LogP contribution in [-0.4, -0.2) is 49.4 Å². The van der Waals surface area contributed by atoms with E-state index in [0.29, 0.717) is 24.5 Å². The Bertz CT molecular complexity index is 1100. The Morgan fingerprint density at radius 3 is 2.53 bits per heavy atom. The van der Waals surface area contributed by atoms with Gasteiger partial charge in [0.1, 0.15) is 6.54 Å². The number of anilines is 2. The molecular formula is C23H27N3O4S2. The highest BCUT2D eigenvalue weighted by Crippen LogP contribution is 2.39. The Hall–Kier alpha value is -2.36. The van der Waals surface area contributed by atoms with Gasteiger partial charge in [0.05, 0.1) is 10.6 Å². The molecule has 2 heterocycles. The summed E-state index contributed by atoms with van der Waals surface area (Å²) in [6.45, 7) is 2.79. The van der Waals surface area contributed by atoms with Crippen molar-refractivity contribution in [1.82, 2.24) is 4.31 Å². The Kier molecular flexibility index (Phi) is 6.88. The van der Waals surface area contributed by atoms with Gasteiger partial charge in [0, 0.05) is 35.3 Å². The van der Waals surface area contributed by atoms with E-state index in [1.54, 1.807) is 30.3 Å². The third-order valence-electron chi connectivity index (χ3n) is 5.62. The van der Waals surface area contributed by atoms with Gasteiger partial charge in [-0.25, -0.2) is 8.42 Å². The summed E-state index contributed by atoms with van der Waals surface area (Å²) in [6.07, 6.45) is 3.00. The molecule has 4 rings (SSSR count). The highest BCUT2D eigenvalue weighted by Gasteiger charge is 2.31. The van der Waals surface area contributed by atoms with Crippen LogP contribution in [0.4, 0.5) is 11.4 Å². The van der Waals surface area contributed by atoms with E-state index in [1.165, 1.54) is 21.0 Å². The summed E-state index contributed by atoms with van der Waals surface area (Å²) in [5.41, 5.74) is 1.12. The number of nitrogens with zero attached hydrogens (tertiary/aromatic N) is 2. The predicted octanol–water partition coefficient (Wildman–Crippen LogP) is 3.72. The Morgan fingerprint density at radius 2 is 1.81 bits per heavy atom. The number of sulfonamides is 1. The number of rotatable bonds is 5. The van der Waals surface area contributed by atoms with Crippen LogP contribution in [0, 0.1) is 0 Å². The van der Waals surface area contributed by atoms with Gasteiger partial charge in [0.15, 0.2) is 0 Å². The first-order valence-corrected chi connectivity index (χ1v) is 13.1. The molecule has 0 saturated carbocycles. The van der Waals surface area contributed by atoms with Gasteiger partial charge in [-0.2, -0.15) is 4.31 Å². The number of carbonyl (C=O) groups is 2. The summed E-state index contributed by atoms with van der Waals surface area (Å²) in [7, 11) is -3.65. The van der Waals surface area contributed by atoms with Crippen molar-refractivity contribution in [2.75, 3.05) is 29.9 Å². The minimum atomic E-state index is -3.65. The molecule has 1 unspecified atom stereocenters. The van der Waals surface area contributed by atoms with Crippen molar-refractivity contribution in [3.05, 3.63) is 48.5 Å². The summed E-state index contributed by atoms with van der Waals surface area (Å²) in [6, 6.07) is 14.0. The van der Waals surface area contributed by atoms with Crippen molar-refractivity contribution in [1.29, 1.82) is 0 Å². The fourth-order valence-electron chi connectivity index (χ4n) is 4.01. The topological polar surface area (TPSA) is 86.8 Å². The molecule has 1 saturated heterocycles. The maximum absolute atomic E-state index is 13.2. The summed E-state index contributed by atoms with van der Waals surface area (Å²) in [5.74, 6) is -0.529. The van der Waals surface area contributed by atoms with Gasteiger partial charge in [-0.05, 0) is 43.2 Å². The number of benzene rings is 2. The molecule has 1 N–H and O–H groups in total. The summed E-state index contributed by atoms with van der Waals surface area (Å²) >= 11 is 1.52. The first-order chi connectivity index (χ1) is 15.3. The average molecular weight is 474 g/mol. The zero-order chi connectivity index (χ0) is 22.7. The Morgan fingerprint density at radius 1 is 1.09 bits per heavy atom. The van der Waals surface area contributed by atoms with Crippen LogP contribution in [0.3, 0.4) is 0 Å². The lowest BCUT2D eigenvalue weighted by molar-refractivity contribution is -0.121. The molecule has 0 aliphatic carbocycles. The van der Waals surface area contributed by atoms with Crippen LogP contribution in [0.25, 0.3) is 0 Å². The third kappa shape index (κ3) is 5.00. The monoisotopic (exact) mass is 473 g/mol. The number of para-hydroxylation sites is 1. The van der Waals surface area contributed by atoms with Crippen molar-refractivity contribution < 1.29 is 18.0 Å². The van der Waals surface area contributed by atoms with Crippen LogP contribution in [0.2, 0.25) is 0 Å². The first-order valence-electron chi connectivity index (χ1n) is 10.8. The fraction of sp³-hybridized carbons (Fsp3) is 0.391. The fourth-order valence-corrected chi connectivity index (χ4v) is 6.64. The van der Waals surface area contributed by atoms with Gasteiger partial charge in [0.25, 0.3) is 0 Å². The molecule has 0 spiro atoms. The smallest absolute Gasteiger partial charge is 0.244 e. The lowest BCUT2D eigenvalue weighted by atomic mass is 10.2. The van der Waals surface area contributed by atoms with E-state index in [1.807, 2.05) is 25.1 Å². The molecule has 170 valence electrons. The van der Waals surface area contributed by atoms with E-state index in [4.69, 9.17) is 0 Å². The van der Waals surface area contributed by atoms with Crippen LogP contribution in [0.1, 0.15) is 32.6 Å². The van der Waals surface area contributed by atoms with Crippen LogP contribution in [0.5, 0.6) is 0 Å². The van der Waals surface area contributed by atoms with Crippen molar-refractivity contribution in [3.63, 3.8) is 0 Å². The summed E-state index contributed by atoms with van der Waals surface area (Å²) in [5, 5.41) is 2.82. The number of nitrogens with one attached hydrogen (secondary N) is 1. The highest BCUT2D eigenvalue weighted by atomic mass is 32.2. The van der Waals surface area contributed by atoms with Gasteiger partial charge in [0.2, 0.25) is 21.8 Å². The predicted molar refractivity (Wildman–Crippen MR) is 126 cm³/mol. The zero-order valence-electron chi connectivity index (χ0n) is 18.0. The number of thioether (sulfide) groups is 1. The third-order valence-corrected chi connectivity index (χ3v) is 8.69. The average Bonchev–Trinajstić information content (AvgIpc) is 2.90. The van der Waals surface area contributed by atoms with E-state index in [9.17, 15) is 18.0 Å². The maximum atomic E-state index is 13.2. The second-order valence-electron chi connectivity index (χ2n) is 8.12. The van der Waals surface area contributed by atoms with E-state index in [-0.39, 0.29) is 34.9 Å². The number of hydrogen-bond acceptors (Lipinski definition) is 5. The quantitative estimate of drug-likeness (QED) is 0.715. The standard InChI is InChI=1S/C23H27N3O4S2/c1-17-14-23(28)26(16-22(27)24-18-8-4-2-5-9-18)20-15-19(10-11-21(20)31-17)32(29,30)25-12-6-3-7-13-25/h2,4-5,8-11,15,17H,3,6-7,12-14,16H2,1H3,(H,24,27). The molecule has 2 aliphatic rings. The van der Waals surface area contributed by atoms with E-state index < -0.39 is 10.0 Å². The molecule has 2 amide bonds. The van der Waals surface area contributed by atoms with Gasteiger partial charge >= 0.3 is 0 Å². The van der Waals surface area contributed by atoms with Crippen LogP contribution >= 0.6 is 11.8 Å². The van der Waals surface area contributed by atoms with Crippen molar-refractivity contribution in [2.45, 2.75) is 47.6 Å². The van der Waals surface area contributed by atoms with E-state index in [2.05, 4.69) is 5.32 Å². The number of carbonyl (C=O) groups excluding carboxylic acids is 2. The molecule has 0 aromatic heterocycles. The largest absolute Gasteiger partial charge is 0.325 e. The van der Waals surface area contributed by atoms with E-state index >= 15 is 0 Å². The van der Waals surface area contributed by atoms with Crippen LogP contribution in [0.15, 0.2) is 58.3 Å². The lowest BCUT2D eigenvalue weighted by Gasteiger charge is -2.27. The number of amides is 2. The van der Waals surface area contributed by atoms with E-state index in [0.717, 1.165) is 24.2 Å². The normalized spacial score (nSPS) is 19.8. The lowest BCUT2D eigenvalue weighted by Crippen LogP contribution is -2.39. The molecule has 0 radical (unpaired) electrons. The Balaban J connectivity index is 1.65. The molecule has 9 heteroatoms. The Labute approximate surface area is 193 Å². The highest BCUT2D eigenvalue weighted by molar-refractivity contribution is 8.00. The van der Waals surface area contributed by atoms with Gasteiger partial charge < -0.3 is 10.2 Å². The molecular weight excluding hydrogens is 446 g/mol. The molecule has 2 aromatic carbocycles. The minimum Gasteiger partial charge on any atom is -0.325 e. The van der Waals surface area contributed by atoms with Crippen LogP contribution in [-0.2, 0) is 19.6 Å². The molecule has 2 aromatic rings. The van der Waals surface area contributed by atoms with Gasteiger partial charge in [-0.15, -0.1) is 11.8 Å². The molecule has 1 fully saturated rings. The van der Waals surface area contributed by atoms with Crippen molar-refractivity contribution in [2.24, 2.45) is 0 Å². The second kappa shape index (κ2) is 9.64. The minimum absolute atomic E-state index is 0.0213. The first kappa shape index (κ1) is 22.8. The number of hydrogen-bond donors (Lipinski definition) is 1. The van der Waals surface area contributed by atoms with Crippen molar-refractivity contribution >= 4 is 45.0 Å². The molecule has 32 heavy (non-hydrogen) atoms. The molecule has 2 aliphatic heterocycles. The summed E-state index contributed by atoms with van der Waals surface area (Å²) in [4.78, 5) is 28.1. The van der Waals surface area contributed by atoms with Gasteiger partial charge in [-0.3, -0.25) is 9.59 Å². The number of fused-ring (bicyclic) bond motifs is 1.